The fraction of sp³-hybridized carbons (Fsp3) is 0.0938. The van der Waals surface area contributed by atoms with Gasteiger partial charge in [0.2, 0.25) is 0 Å². The number of nitro groups is 1. The average Bonchev–Trinajstić information content (AvgIpc) is 3.31. The number of para-hydroxylation sites is 1. The number of H-pyrrole nitrogens is 1. The molecule has 5 aromatic rings. The Balaban J connectivity index is 1.43. The van der Waals surface area contributed by atoms with E-state index in [4.69, 9.17) is 0 Å². The van der Waals surface area contributed by atoms with Gasteiger partial charge < -0.3 is 10.3 Å². The van der Waals surface area contributed by atoms with Crippen LogP contribution in [0.2, 0.25) is 0 Å². The molecule has 1 atom stereocenters. The number of amides is 1. The van der Waals surface area contributed by atoms with Gasteiger partial charge in [0.05, 0.1) is 31.7 Å². The number of hydrogen-bond donors (Lipinski definition) is 2. The quantitative estimate of drug-likeness (QED) is 0.149. The molecule has 0 fully saturated rings. The number of nitrogens with zero attached hydrogens (tertiary/aromatic N) is 4. The predicted octanol–water partition coefficient (Wildman–Crippen LogP) is 4.46. The fourth-order valence-electron chi connectivity index (χ4n) is 5.00. The van der Waals surface area contributed by atoms with Crippen molar-refractivity contribution >= 4 is 46.5 Å². The number of aromatic amines is 1. The molecule has 0 bridgehead atoms. The molecule has 6 rings (SSSR count). The van der Waals surface area contributed by atoms with Crippen LogP contribution in [-0.2, 0) is 4.79 Å². The van der Waals surface area contributed by atoms with Crippen molar-refractivity contribution in [3.63, 3.8) is 0 Å². The van der Waals surface area contributed by atoms with Crippen LogP contribution in [-0.4, -0.2) is 25.4 Å². The fourth-order valence-corrected chi connectivity index (χ4v) is 6.97. The molecule has 2 aromatic heterocycles. The first kappa shape index (κ1) is 30.6. The Labute approximate surface area is 267 Å². The average molecular weight is 655 g/mol. The predicted molar refractivity (Wildman–Crippen MR) is 172 cm³/mol. The van der Waals surface area contributed by atoms with Crippen molar-refractivity contribution < 1.29 is 14.1 Å². The Morgan fingerprint density at radius 1 is 1.09 bits per heavy atom. The van der Waals surface area contributed by atoms with E-state index in [2.05, 4.69) is 20.3 Å². The summed E-state index contributed by atoms with van der Waals surface area (Å²) in [7, 11) is 0. The standard InChI is InChI=1S/C32H23FN6O5S2/c1-17-14-26(40)37-31(34-17)45-24-13-8-19(15-23(24)39(43)44)16-25-30(42)38-28(20-9-11-21(33)12-10-20)27(18(2)35-32(38)46-25)29(41)36-22-6-4-3-5-7-22/h3-16,28H,1-2H3,(H,36,41)(H,34,37,40)/b25-16+/t28-/m1/s1. The minimum absolute atomic E-state index is 0.206. The summed E-state index contributed by atoms with van der Waals surface area (Å²) in [6, 6.07) is 19.2. The van der Waals surface area contributed by atoms with Gasteiger partial charge in [-0.15, -0.1) is 0 Å². The molecule has 46 heavy (non-hydrogen) atoms. The van der Waals surface area contributed by atoms with Crippen LogP contribution in [0.5, 0.6) is 0 Å². The number of fused-ring (bicyclic) bond motifs is 1. The second-order valence-electron chi connectivity index (χ2n) is 10.2. The molecular weight excluding hydrogens is 632 g/mol. The van der Waals surface area contributed by atoms with Crippen LogP contribution in [0, 0.1) is 22.9 Å². The molecule has 11 nitrogen and oxygen atoms in total. The lowest BCUT2D eigenvalue weighted by molar-refractivity contribution is -0.387. The summed E-state index contributed by atoms with van der Waals surface area (Å²) in [5.41, 5.74) is 1.41. The van der Waals surface area contributed by atoms with Gasteiger partial charge in [-0.3, -0.25) is 29.1 Å². The number of rotatable bonds is 7. The van der Waals surface area contributed by atoms with Crippen LogP contribution < -0.4 is 25.8 Å². The maximum Gasteiger partial charge on any atom is 0.283 e. The molecule has 1 aliphatic heterocycles. The number of carbonyl (C=O) groups is 1. The van der Waals surface area contributed by atoms with Crippen LogP contribution in [0.25, 0.3) is 6.08 Å². The number of benzene rings is 3. The Morgan fingerprint density at radius 2 is 1.83 bits per heavy atom. The molecule has 230 valence electrons. The molecule has 0 unspecified atom stereocenters. The van der Waals surface area contributed by atoms with E-state index in [9.17, 15) is 28.9 Å². The summed E-state index contributed by atoms with van der Waals surface area (Å²) in [4.78, 5) is 62.8. The first-order chi connectivity index (χ1) is 22.1. The van der Waals surface area contributed by atoms with Gasteiger partial charge in [0.15, 0.2) is 9.96 Å². The topological polar surface area (TPSA) is 152 Å². The van der Waals surface area contributed by atoms with Gasteiger partial charge >= 0.3 is 0 Å². The molecule has 1 amide bonds. The number of allylic oxidation sites excluding steroid dienone is 1. The molecule has 0 saturated carbocycles. The molecule has 1 aliphatic rings. The second-order valence-corrected chi connectivity index (χ2v) is 12.3. The normalized spacial score (nSPS) is 14.5. The largest absolute Gasteiger partial charge is 0.322 e. The Hall–Kier alpha value is -5.47. The molecule has 0 saturated heterocycles. The van der Waals surface area contributed by atoms with Gasteiger partial charge in [-0.25, -0.2) is 14.4 Å². The highest BCUT2D eigenvalue weighted by Crippen LogP contribution is 2.34. The van der Waals surface area contributed by atoms with E-state index in [1.807, 2.05) is 6.07 Å². The zero-order valence-electron chi connectivity index (χ0n) is 24.2. The molecule has 3 aromatic carbocycles. The van der Waals surface area contributed by atoms with Crippen LogP contribution in [0.4, 0.5) is 15.8 Å². The highest BCUT2D eigenvalue weighted by Gasteiger charge is 2.32. The van der Waals surface area contributed by atoms with E-state index in [1.165, 1.54) is 53.1 Å². The SMILES string of the molecule is CC1=C(C(=O)Nc2ccccc2)[C@@H](c2ccc(F)cc2)n2c(s/c(=C/c3ccc(Sc4nc(C)cc(=O)[nH]4)c([N+](=O)[O-])c3)c2=O)=N1. The lowest BCUT2D eigenvalue weighted by atomic mass is 9.95. The lowest BCUT2D eigenvalue weighted by Gasteiger charge is -2.25. The van der Waals surface area contributed by atoms with Crippen LogP contribution in [0.3, 0.4) is 0 Å². The van der Waals surface area contributed by atoms with Crippen molar-refractivity contribution in [2.45, 2.75) is 29.9 Å². The monoisotopic (exact) mass is 654 g/mol. The molecular formula is C32H23FN6O5S2. The summed E-state index contributed by atoms with van der Waals surface area (Å²) in [5.74, 6) is -0.941. The van der Waals surface area contributed by atoms with Crippen molar-refractivity contribution in [1.82, 2.24) is 14.5 Å². The number of aryl methyl sites for hydroxylation is 1. The molecule has 14 heteroatoms. The molecule has 3 heterocycles. The van der Waals surface area contributed by atoms with Crippen LogP contribution >= 0.6 is 23.1 Å². The van der Waals surface area contributed by atoms with Crippen molar-refractivity contribution in [2.75, 3.05) is 5.32 Å². The van der Waals surface area contributed by atoms with Crippen molar-refractivity contribution in [1.29, 1.82) is 0 Å². The number of carbonyl (C=O) groups excluding carboxylic acids is 1. The summed E-state index contributed by atoms with van der Waals surface area (Å²) < 4.78 is 15.5. The van der Waals surface area contributed by atoms with E-state index in [1.54, 1.807) is 44.2 Å². The summed E-state index contributed by atoms with van der Waals surface area (Å²) in [6.45, 7) is 3.32. The number of anilines is 1. The number of hydrogen-bond acceptors (Lipinski definition) is 9. The first-order valence-electron chi connectivity index (χ1n) is 13.8. The van der Waals surface area contributed by atoms with E-state index < -0.39 is 28.2 Å². The number of aromatic nitrogens is 3. The summed E-state index contributed by atoms with van der Waals surface area (Å²) >= 11 is 2.01. The van der Waals surface area contributed by atoms with Gasteiger partial charge in [-0.05, 0) is 73.1 Å². The van der Waals surface area contributed by atoms with E-state index in [-0.39, 0.29) is 31.4 Å². The third-order valence-corrected chi connectivity index (χ3v) is 8.95. The molecule has 0 spiro atoms. The van der Waals surface area contributed by atoms with Crippen molar-refractivity contribution in [2.24, 2.45) is 4.99 Å². The van der Waals surface area contributed by atoms with Crippen LogP contribution in [0.15, 0.2) is 115 Å². The summed E-state index contributed by atoms with van der Waals surface area (Å²) in [5, 5.41) is 15.1. The molecule has 0 radical (unpaired) electrons. The van der Waals surface area contributed by atoms with Gasteiger partial charge in [-0.1, -0.05) is 47.7 Å². The zero-order valence-corrected chi connectivity index (χ0v) is 25.8. The number of thiazole rings is 1. The third-order valence-electron chi connectivity index (χ3n) is 7.02. The Bertz CT molecular complexity index is 2300. The highest BCUT2D eigenvalue weighted by molar-refractivity contribution is 7.99. The maximum absolute atomic E-state index is 14.0. The summed E-state index contributed by atoms with van der Waals surface area (Å²) in [6.07, 6.45) is 1.52. The zero-order chi connectivity index (χ0) is 32.5. The van der Waals surface area contributed by atoms with Gasteiger partial charge in [0.1, 0.15) is 5.82 Å². The van der Waals surface area contributed by atoms with Gasteiger partial charge in [0, 0.05) is 23.5 Å². The molecule has 0 aliphatic carbocycles. The highest BCUT2D eigenvalue weighted by atomic mass is 32.2. The second kappa shape index (κ2) is 12.5. The van der Waals surface area contributed by atoms with E-state index in [0.717, 1.165) is 23.1 Å². The number of halogens is 1. The van der Waals surface area contributed by atoms with Crippen molar-refractivity contribution in [3.05, 3.63) is 153 Å². The Morgan fingerprint density at radius 3 is 2.52 bits per heavy atom. The van der Waals surface area contributed by atoms with E-state index in [0.29, 0.717) is 33.0 Å². The minimum atomic E-state index is -0.917. The van der Waals surface area contributed by atoms with E-state index >= 15 is 0 Å². The molecule has 2 N–H and O–H groups in total. The minimum Gasteiger partial charge on any atom is -0.322 e. The number of nitrogens with one attached hydrogen (secondary N) is 2. The number of nitro benzene ring substituents is 1. The third kappa shape index (κ3) is 6.20. The maximum atomic E-state index is 14.0. The van der Waals surface area contributed by atoms with Gasteiger partial charge in [-0.2, -0.15) is 0 Å². The van der Waals surface area contributed by atoms with Gasteiger partial charge in [0.25, 0.3) is 22.7 Å². The van der Waals surface area contributed by atoms with Crippen LogP contribution in [0.1, 0.15) is 29.8 Å². The first-order valence-corrected chi connectivity index (χ1v) is 15.4. The Kier molecular flexibility index (Phi) is 8.30. The van der Waals surface area contributed by atoms with Crippen molar-refractivity contribution in [3.8, 4) is 0 Å². The lowest BCUT2D eigenvalue weighted by Crippen LogP contribution is -2.40. The smallest absolute Gasteiger partial charge is 0.283 e.